The predicted octanol–water partition coefficient (Wildman–Crippen LogP) is 2.82. The number of benzene rings is 1. The molecule has 1 heterocycles. The van der Waals surface area contributed by atoms with Gasteiger partial charge in [-0.05, 0) is 40.5 Å². The van der Waals surface area contributed by atoms with Crippen LogP contribution >= 0.6 is 15.9 Å². The molecule has 0 fully saturated rings. The molecule has 1 atom stereocenters. The lowest BCUT2D eigenvalue weighted by Gasteiger charge is -2.19. The topological polar surface area (TPSA) is 65.1 Å². The largest absolute Gasteiger partial charge is 0.435 e. The molecule has 2 rings (SSSR count). The van der Waals surface area contributed by atoms with Gasteiger partial charge in [-0.25, -0.2) is 5.43 Å². The first kappa shape index (κ1) is 15.9. The molecule has 0 aliphatic rings. The van der Waals surface area contributed by atoms with Crippen LogP contribution in [0.3, 0.4) is 0 Å². The molecule has 0 amide bonds. The Kier molecular flexibility index (Phi) is 5.27. The maximum absolute atomic E-state index is 12.3. The monoisotopic (exact) mass is 360 g/mol. The van der Waals surface area contributed by atoms with Crippen molar-refractivity contribution in [2.45, 2.75) is 26.1 Å². The van der Waals surface area contributed by atoms with Crippen LogP contribution in [-0.4, -0.2) is 16.4 Å². The molecule has 0 aliphatic heterocycles. The summed E-state index contributed by atoms with van der Waals surface area (Å²) >= 11 is 3.43. The van der Waals surface area contributed by atoms with Crippen molar-refractivity contribution < 1.29 is 13.5 Å². The van der Waals surface area contributed by atoms with Crippen LogP contribution in [0.4, 0.5) is 8.78 Å². The van der Waals surface area contributed by atoms with Crippen LogP contribution in [0.5, 0.6) is 5.75 Å². The summed E-state index contributed by atoms with van der Waals surface area (Å²) in [5.41, 5.74) is 4.20. The zero-order chi connectivity index (χ0) is 15.4. The van der Waals surface area contributed by atoms with Crippen LogP contribution in [0.2, 0.25) is 0 Å². The number of aryl methyl sites for hydroxylation is 1. The number of nitrogens with one attached hydrogen (secondary N) is 1. The molecule has 0 bridgehead atoms. The van der Waals surface area contributed by atoms with E-state index in [1.165, 1.54) is 12.1 Å². The standard InChI is InChI=1S/C13H15BrF2N4O/c1-2-20-12(10(14)7-18-20)11(19-17)8-4-3-5-9(6-8)21-13(15)16/h3-7,11,13,19H,2,17H2,1H3. The molecule has 1 unspecified atom stereocenters. The second-order valence-corrected chi connectivity index (χ2v) is 5.10. The molecule has 114 valence electrons. The SMILES string of the molecule is CCn1ncc(Br)c1C(NN)c1cccc(OC(F)F)c1. The summed E-state index contributed by atoms with van der Waals surface area (Å²) in [7, 11) is 0. The Hall–Kier alpha value is -1.51. The van der Waals surface area contributed by atoms with Crippen LogP contribution in [0.25, 0.3) is 0 Å². The molecule has 5 nitrogen and oxygen atoms in total. The predicted molar refractivity (Wildman–Crippen MR) is 77.8 cm³/mol. The zero-order valence-electron chi connectivity index (χ0n) is 11.3. The van der Waals surface area contributed by atoms with Crippen molar-refractivity contribution in [1.29, 1.82) is 0 Å². The normalized spacial score (nSPS) is 12.7. The molecule has 1 aromatic carbocycles. The number of ether oxygens (including phenoxy) is 1. The summed E-state index contributed by atoms with van der Waals surface area (Å²) in [5.74, 6) is 5.72. The van der Waals surface area contributed by atoms with Gasteiger partial charge in [-0.3, -0.25) is 10.5 Å². The summed E-state index contributed by atoms with van der Waals surface area (Å²) in [6, 6.07) is 6.01. The van der Waals surface area contributed by atoms with Crippen molar-refractivity contribution in [3.8, 4) is 5.75 Å². The number of hydrogen-bond acceptors (Lipinski definition) is 4. The highest BCUT2D eigenvalue weighted by atomic mass is 79.9. The summed E-state index contributed by atoms with van der Waals surface area (Å²) in [5, 5.41) is 4.22. The van der Waals surface area contributed by atoms with E-state index in [0.717, 1.165) is 10.2 Å². The van der Waals surface area contributed by atoms with Gasteiger partial charge in [0, 0.05) is 6.54 Å². The molecule has 21 heavy (non-hydrogen) atoms. The van der Waals surface area contributed by atoms with Gasteiger partial charge < -0.3 is 4.74 Å². The molecule has 0 saturated heterocycles. The van der Waals surface area contributed by atoms with Gasteiger partial charge in [0.15, 0.2) is 0 Å². The maximum atomic E-state index is 12.3. The number of hydrazine groups is 1. The van der Waals surface area contributed by atoms with Crippen LogP contribution in [-0.2, 0) is 6.54 Å². The highest BCUT2D eigenvalue weighted by Crippen LogP contribution is 2.30. The smallest absolute Gasteiger partial charge is 0.387 e. The Bertz CT molecular complexity index is 606. The number of halogens is 3. The summed E-state index contributed by atoms with van der Waals surface area (Å²) in [4.78, 5) is 0. The second-order valence-electron chi connectivity index (χ2n) is 4.24. The number of alkyl halides is 2. The minimum atomic E-state index is -2.86. The second kappa shape index (κ2) is 6.97. The van der Waals surface area contributed by atoms with Gasteiger partial charge in [0.25, 0.3) is 0 Å². The molecular weight excluding hydrogens is 346 g/mol. The van der Waals surface area contributed by atoms with Gasteiger partial charge in [0.2, 0.25) is 0 Å². The molecule has 2 aromatic rings. The van der Waals surface area contributed by atoms with Crippen LogP contribution < -0.4 is 16.0 Å². The van der Waals surface area contributed by atoms with Crippen molar-refractivity contribution in [2.75, 3.05) is 0 Å². The molecular formula is C13H15BrF2N4O. The highest BCUT2D eigenvalue weighted by molar-refractivity contribution is 9.10. The first-order valence-corrected chi connectivity index (χ1v) is 7.08. The van der Waals surface area contributed by atoms with Crippen LogP contribution in [0, 0.1) is 0 Å². The van der Waals surface area contributed by atoms with E-state index in [-0.39, 0.29) is 5.75 Å². The Labute approximate surface area is 129 Å². The van der Waals surface area contributed by atoms with Crippen LogP contribution in [0.15, 0.2) is 34.9 Å². The number of nitrogens with two attached hydrogens (primary N) is 1. The fraction of sp³-hybridized carbons (Fsp3) is 0.308. The van der Waals surface area contributed by atoms with Crippen molar-refractivity contribution in [1.82, 2.24) is 15.2 Å². The third kappa shape index (κ3) is 3.58. The summed E-state index contributed by atoms with van der Waals surface area (Å²) < 4.78 is 31.6. The third-order valence-corrected chi connectivity index (χ3v) is 3.60. The minimum absolute atomic E-state index is 0.0847. The first-order chi connectivity index (χ1) is 10.1. The van der Waals surface area contributed by atoms with Crippen molar-refractivity contribution in [2.24, 2.45) is 5.84 Å². The van der Waals surface area contributed by atoms with Gasteiger partial charge >= 0.3 is 6.61 Å². The van der Waals surface area contributed by atoms with E-state index in [4.69, 9.17) is 5.84 Å². The lowest BCUT2D eigenvalue weighted by molar-refractivity contribution is -0.0498. The van der Waals surface area contributed by atoms with Crippen molar-refractivity contribution >= 4 is 15.9 Å². The molecule has 0 radical (unpaired) electrons. The summed E-state index contributed by atoms with van der Waals surface area (Å²) in [6.45, 7) is -0.253. The lowest BCUT2D eigenvalue weighted by Crippen LogP contribution is -2.31. The van der Waals surface area contributed by atoms with E-state index >= 15 is 0 Å². The number of hydrogen-bond donors (Lipinski definition) is 2. The number of nitrogens with zero attached hydrogens (tertiary/aromatic N) is 2. The van der Waals surface area contributed by atoms with Crippen molar-refractivity contribution in [3.05, 3.63) is 46.2 Å². The number of aromatic nitrogens is 2. The van der Waals surface area contributed by atoms with Gasteiger partial charge in [0.1, 0.15) is 5.75 Å². The van der Waals surface area contributed by atoms with E-state index in [2.05, 4.69) is 31.2 Å². The molecule has 3 N–H and O–H groups in total. The lowest BCUT2D eigenvalue weighted by atomic mass is 10.0. The van der Waals surface area contributed by atoms with E-state index in [1.807, 2.05) is 6.92 Å². The highest BCUT2D eigenvalue weighted by Gasteiger charge is 2.21. The van der Waals surface area contributed by atoms with Crippen LogP contribution in [0.1, 0.15) is 24.2 Å². The van der Waals surface area contributed by atoms with Gasteiger partial charge in [-0.2, -0.15) is 13.9 Å². The minimum Gasteiger partial charge on any atom is -0.435 e. The van der Waals surface area contributed by atoms with E-state index in [9.17, 15) is 8.78 Å². The Balaban J connectivity index is 2.39. The third-order valence-electron chi connectivity index (χ3n) is 2.99. The molecule has 0 spiro atoms. The maximum Gasteiger partial charge on any atom is 0.387 e. The zero-order valence-corrected chi connectivity index (χ0v) is 12.8. The fourth-order valence-electron chi connectivity index (χ4n) is 2.11. The van der Waals surface area contributed by atoms with Gasteiger partial charge in [-0.15, -0.1) is 0 Å². The quantitative estimate of drug-likeness (QED) is 0.614. The molecule has 0 aliphatic carbocycles. The molecule has 1 aromatic heterocycles. The van der Waals surface area contributed by atoms with Crippen molar-refractivity contribution in [3.63, 3.8) is 0 Å². The Morgan fingerprint density at radius 3 is 2.86 bits per heavy atom. The molecule has 8 heteroatoms. The summed E-state index contributed by atoms with van der Waals surface area (Å²) in [6.07, 6.45) is 1.67. The first-order valence-electron chi connectivity index (χ1n) is 6.29. The van der Waals surface area contributed by atoms with E-state index in [0.29, 0.717) is 12.1 Å². The Morgan fingerprint density at radius 2 is 2.24 bits per heavy atom. The Morgan fingerprint density at radius 1 is 1.48 bits per heavy atom. The van der Waals surface area contributed by atoms with Gasteiger partial charge in [0.05, 0.1) is 22.4 Å². The molecule has 0 saturated carbocycles. The van der Waals surface area contributed by atoms with Gasteiger partial charge in [-0.1, -0.05) is 12.1 Å². The number of rotatable bonds is 6. The van der Waals surface area contributed by atoms with E-state index in [1.54, 1.807) is 23.0 Å². The average Bonchev–Trinajstić information content (AvgIpc) is 2.81. The average molecular weight is 361 g/mol. The fourth-order valence-corrected chi connectivity index (χ4v) is 2.64. The van der Waals surface area contributed by atoms with E-state index < -0.39 is 12.7 Å².